The van der Waals surface area contributed by atoms with Gasteiger partial charge in [-0.3, -0.25) is 4.79 Å². The van der Waals surface area contributed by atoms with Crippen LogP contribution in [-0.2, 0) is 6.42 Å². The number of primary amides is 1. The Kier molecular flexibility index (Phi) is 4.74. The molecule has 0 radical (unpaired) electrons. The molecule has 2 N–H and O–H groups in total. The van der Waals surface area contributed by atoms with Gasteiger partial charge in [0, 0.05) is 16.0 Å². The number of thioether (sulfide) groups is 1. The molecule has 1 rings (SSSR count). The smallest absolute Gasteiger partial charge is 0.387 e. The molecule has 17 heavy (non-hydrogen) atoms. The summed E-state index contributed by atoms with van der Waals surface area (Å²) in [4.78, 5) is 11.9. The van der Waals surface area contributed by atoms with Gasteiger partial charge in [-0.25, -0.2) is 0 Å². The third-order valence-electron chi connectivity index (χ3n) is 2.25. The molecular formula is C11H13F2NO2S. The maximum absolute atomic E-state index is 12.3. The lowest BCUT2D eigenvalue weighted by atomic mass is 10.0. The highest BCUT2D eigenvalue weighted by molar-refractivity contribution is 7.98. The Balaban J connectivity index is 3.33. The summed E-state index contributed by atoms with van der Waals surface area (Å²) in [5, 5.41) is 0. The number of rotatable bonds is 5. The number of hydrogen-bond acceptors (Lipinski definition) is 3. The molecule has 6 heteroatoms. The summed E-state index contributed by atoms with van der Waals surface area (Å²) < 4.78 is 28.9. The van der Waals surface area contributed by atoms with Crippen LogP contribution in [0, 0.1) is 0 Å². The number of hydrogen-bond donors (Lipinski definition) is 1. The van der Waals surface area contributed by atoms with Crippen molar-refractivity contribution < 1.29 is 18.3 Å². The van der Waals surface area contributed by atoms with E-state index < -0.39 is 12.5 Å². The average Bonchev–Trinajstić information content (AvgIpc) is 2.26. The highest BCUT2D eigenvalue weighted by atomic mass is 32.2. The van der Waals surface area contributed by atoms with E-state index in [-0.39, 0.29) is 11.3 Å². The molecule has 1 aromatic carbocycles. The van der Waals surface area contributed by atoms with Crippen LogP contribution in [0.15, 0.2) is 17.0 Å². The van der Waals surface area contributed by atoms with Gasteiger partial charge in [0.05, 0.1) is 0 Å². The number of amides is 1. The Morgan fingerprint density at radius 1 is 1.53 bits per heavy atom. The Labute approximate surface area is 102 Å². The fourth-order valence-electron chi connectivity index (χ4n) is 1.52. The Bertz CT molecular complexity index is 424. The lowest BCUT2D eigenvalue weighted by Gasteiger charge is -2.14. The van der Waals surface area contributed by atoms with E-state index in [0.717, 1.165) is 0 Å². The van der Waals surface area contributed by atoms with Gasteiger partial charge in [-0.2, -0.15) is 8.78 Å². The van der Waals surface area contributed by atoms with Crippen LogP contribution in [0.1, 0.15) is 22.8 Å². The standard InChI is InChI=1S/C11H13F2NO2S/c1-3-7-8(10(14)15)4-6(17-2)5-9(7)16-11(12)13/h4-5,11H,3H2,1-2H3,(H2,14,15). The van der Waals surface area contributed by atoms with Gasteiger partial charge in [0.25, 0.3) is 0 Å². The molecule has 0 saturated heterocycles. The Morgan fingerprint density at radius 3 is 2.59 bits per heavy atom. The topological polar surface area (TPSA) is 52.3 Å². The second-order valence-corrected chi connectivity index (χ2v) is 4.13. The zero-order valence-electron chi connectivity index (χ0n) is 9.50. The molecule has 0 saturated carbocycles. The molecule has 1 amide bonds. The third kappa shape index (κ3) is 3.33. The van der Waals surface area contributed by atoms with Crippen LogP contribution in [-0.4, -0.2) is 18.8 Å². The number of carbonyl (C=O) groups excluding carboxylic acids is 1. The van der Waals surface area contributed by atoms with E-state index in [2.05, 4.69) is 4.74 Å². The molecule has 0 aliphatic rings. The first-order valence-corrected chi connectivity index (χ1v) is 6.17. The summed E-state index contributed by atoms with van der Waals surface area (Å²) >= 11 is 1.33. The molecule has 0 aromatic heterocycles. The van der Waals surface area contributed by atoms with Gasteiger partial charge in [-0.05, 0) is 24.8 Å². The zero-order chi connectivity index (χ0) is 13.0. The molecule has 0 aliphatic carbocycles. The minimum Gasteiger partial charge on any atom is -0.434 e. The van der Waals surface area contributed by atoms with E-state index in [1.165, 1.54) is 17.8 Å². The summed E-state index contributed by atoms with van der Waals surface area (Å²) in [6, 6.07) is 3.08. The van der Waals surface area contributed by atoms with Crippen molar-refractivity contribution in [3.63, 3.8) is 0 Å². The first-order valence-electron chi connectivity index (χ1n) is 4.95. The Morgan fingerprint density at radius 2 is 2.18 bits per heavy atom. The van der Waals surface area contributed by atoms with Gasteiger partial charge in [-0.15, -0.1) is 11.8 Å². The molecular weight excluding hydrogens is 248 g/mol. The first kappa shape index (κ1) is 13.8. The minimum atomic E-state index is -2.92. The maximum Gasteiger partial charge on any atom is 0.387 e. The van der Waals surface area contributed by atoms with Crippen molar-refractivity contribution in [1.82, 2.24) is 0 Å². The molecule has 0 bridgehead atoms. The van der Waals surface area contributed by atoms with E-state index in [4.69, 9.17) is 5.73 Å². The molecule has 0 atom stereocenters. The third-order valence-corrected chi connectivity index (χ3v) is 2.96. The van der Waals surface area contributed by atoms with Crippen molar-refractivity contribution in [2.45, 2.75) is 24.9 Å². The van der Waals surface area contributed by atoms with Crippen molar-refractivity contribution in [2.75, 3.05) is 6.26 Å². The highest BCUT2D eigenvalue weighted by Crippen LogP contribution is 2.30. The molecule has 0 aliphatic heterocycles. The van der Waals surface area contributed by atoms with E-state index >= 15 is 0 Å². The monoisotopic (exact) mass is 261 g/mol. The SMILES string of the molecule is CCc1c(OC(F)F)cc(SC)cc1C(N)=O. The van der Waals surface area contributed by atoms with Crippen molar-refractivity contribution in [2.24, 2.45) is 5.73 Å². The molecule has 0 fully saturated rings. The average molecular weight is 261 g/mol. The van der Waals surface area contributed by atoms with Crippen LogP contribution in [0.2, 0.25) is 0 Å². The number of alkyl halides is 2. The number of halogens is 2. The van der Waals surface area contributed by atoms with Gasteiger partial charge in [0.1, 0.15) is 5.75 Å². The molecule has 0 spiro atoms. The van der Waals surface area contributed by atoms with Gasteiger partial charge in [0.2, 0.25) is 5.91 Å². The number of ether oxygens (including phenoxy) is 1. The largest absolute Gasteiger partial charge is 0.434 e. The lowest BCUT2D eigenvalue weighted by Crippen LogP contribution is -2.15. The highest BCUT2D eigenvalue weighted by Gasteiger charge is 2.17. The fraction of sp³-hybridized carbons (Fsp3) is 0.364. The fourth-order valence-corrected chi connectivity index (χ4v) is 1.98. The summed E-state index contributed by atoms with van der Waals surface area (Å²) in [6.45, 7) is -1.17. The van der Waals surface area contributed by atoms with Crippen molar-refractivity contribution in [1.29, 1.82) is 0 Å². The quantitative estimate of drug-likeness (QED) is 0.829. The summed E-state index contributed by atoms with van der Waals surface area (Å²) in [5.41, 5.74) is 5.87. The van der Waals surface area contributed by atoms with Gasteiger partial charge < -0.3 is 10.5 Å². The van der Waals surface area contributed by atoms with Gasteiger partial charge in [-0.1, -0.05) is 6.92 Å². The lowest BCUT2D eigenvalue weighted by molar-refractivity contribution is -0.0506. The van der Waals surface area contributed by atoms with Gasteiger partial charge in [0.15, 0.2) is 0 Å². The van der Waals surface area contributed by atoms with Crippen LogP contribution in [0.25, 0.3) is 0 Å². The van der Waals surface area contributed by atoms with E-state index in [0.29, 0.717) is 16.9 Å². The van der Waals surface area contributed by atoms with E-state index in [1.54, 1.807) is 19.2 Å². The van der Waals surface area contributed by atoms with Crippen LogP contribution >= 0.6 is 11.8 Å². The van der Waals surface area contributed by atoms with Crippen LogP contribution in [0.4, 0.5) is 8.78 Å². The number of nitrogens with two attached hydrogens (primary N) is 1. The second-order valence-electron chi connectivity index (χ2n) is 3.25. The molecule has 0 heterocycles. The Hall–Kier alpha value is -1.30. The van der Waals surface area contributed by atoms with E-state index in [9.17, 15) is 13.6 Å². The minimum absolute atomic E-state index is 0.0168. The van der Waals surface area contributed by atoms with Crippen molar-refractivity contribution in [3.8, 4) is 5.75 Å². The van der Waals surface area contributed by atoms with Crippen LogP contribution in [0.3, 0.4) is 0 Å². The second kappa shape index (κ2) is 5.86. The summed E-state index contributed by atoms with van der Waals surface area (Å²) in [5.74, 6) is -0.625. The summed E-state index contributed by atoms with van der Waals surface area (Å²) in [6.07, 6.45) is 2.17. The molecule has 1 aromatic rings. The van der Waals surface area contributed by atoms with Crippen LogP contribution < -0.4 is 10.5 Å². The zero-order valence-corrected chi connectivity index (χ0v) is 10.3. The predicted octanol–water partition coefficient (Wildman–Crippen LogP) is 2.67. The molecule has 3 nitrogen and oxygen atoms in total. The predicted molar refractivity (Wildman–Crippen MR) is 62.8 cm³/mol. The van der Waals surface area contributed by atoms with Crippen LogP contribution in [0.5, 0.6) is 5.75 Å². The maximum atomic E-state index is 12.3. The summed E-state index contributed by atoms with van der Waals surface area (Å²) in [7, 11) is 0. The first-order chi connectivity index (χ1) is 7.99. The normalized spacial score (nSPS) is 10.6. The molecule has 0 unspecified atom stereocenters. The van der Waals surface area contributed by atoms with Gasteiger partial charge >= 0.3 is 6.61 Å². The van der Waals surface area contributed by atoms with Crippen molar-refractivity contribution in [3.05, 3.63) is 23.3 Å². The number of benzene rings is 1. The molecule has 94 valence electrons. The number of carbonyl (C=O) groups is 1. The van der Waals surface area contributed by atoms with E-state index in [1.807, 2.05) is 0 Å². The van der Waals surface area contributed by atoms with Crippen molar-refractivity contribution >= 4 is 17.7 Å².